The number of urea groups is 1. The van der Waals surface area contributed by atoms with E-state index in [0.29, 0.717) is 36.8 Å². The van der Waals surface area contributed by atoms with Crippen LogP contribution in [-0.2, 0) is 13.1 Å². The van der Waals surface area contributed by atoms with Gasteiger partial charge in [-0.25, -0.2) is 9.18 Å². The molecule has 3 rings (SSSR count). The zero-order valence-corrected chi connectivity index (χ0v) is 17.7. The summed E-state index contributed by atoms with van der Waals surface area (Å²) in [6.07, 6.45) is 3.59. The van der Waals surface area contributed by atoms with Crippen LogP contribution in [-0.4, -0.2) is 36.3 Å². The molecule has 1 aromatic heterocycles. The van der Waals surface area contributed by atoms with Gasteiger partial charge in [0.15, 0.2) is 0 Å². The topological polar surface area (TPSA) is 55.7 Å². The summed E-state index contributed by atoms with van der Waals surface area (Å²) in [6.45, 7) is 5.00. The number of hydrogen-bond acceptors (Lipinski definition) is 3. The van der Waals surface area contributed by atoms with Gasteiger partial charge >= 0.3 is 6.03 Å². The molecule has 0 unspecified atom stereocenters. The molecule has 0 saturated heterocycles. The van der Waals surface area contributed by atoms with Crippen molar-refractivity contribution in [2.24, 2.45) is 0 Å². The first kappa shape index (κ1) is 22.0. The Kier molecular flexibility index (Phi) is 7.32. The van der Waals surface area contributed by atoms with Gasteiger partial charge in [-0.3, -0.25) is 0 Å². The maximum atomic E-state index is 13.5. The number of ether oxygens (including phenoxy) is 2. The van der Waals surface area contributed by atoms with Crippen molar-refractivity contribution in [3.05, 3.63) is 90.5 Å². The van der Waals surface area contributed by atoms with Gasteiger partial charge in [0.05, 0.1) is 20.8 Å². The molecule has 3 aromatic rings. The van der Waals surface area contributed by atoms with E-state index in [1.165, 1.54) is 12.1 Å². The van der Waals surface area contributed by atoms with Gasteiger partial charge in [-0.2, -0.15) is 0 Å². The van der Waals surface area contributed by atoms with Crippen LogP contribution in [0.1, 0.15) is 11.3 Å². The van der Waals surface area contributed by atoms with Crippen molar-refractivity contribution in [2.45, 2.75) is 13.1 Å². The molecule has 0 atom stereocenters. The van der Waals surface area contributed by atoms with Crippen molar-refractivity contribution in [3.63, 3.8) is 0 Å². The third-order valence-electron chi connectivity index (χ3n) is 4.76. The molecular weight excluding hydrogens is 397 g/mol. The van der Waals surface area contributed by atoms with Gasteiger partial charge in [-0.1, -0.05) is 18.2 Å². The van der Waals surface area contributed by atoms with Crippen molar-refractivity contribution < 1.29 is 18.7 Å². The number of rotatable bonds is 9. The van der Waals surface area contributed by atoms with Crippen LogP contribution in [0.15, 0.2) is 73.4 Å². The van der Waals surface area contributed by atoms with Gasteiger partial charge in [0.2, 0.25) is 0 Å². The zero-order chi connectivity index (χ0) is 22.2. The minimum atomic E-state index is -0.284. The molecule has 1 N–H and O–H groups in total. The predicted molar refractivity (Wildman–Crippen MR) is 119 cm³/mol. The van der Waals surface area contributed by atoms with E-state index in [1.54, 1.807) is 49.5 Å². The molecule has 0 aliphatic rings. The normalized spacial score (nSPS) is 10.4. The number of aromatic nitrogens is 1. The summed E-state index contributed by atoms with van der Waals surface area (Å²) in [5.41, 5.74) is 2.33. The van der Waals surface area contributed by atoms with Gasteiger partial charge in [-0.05, 0) is 29.8 Å². The Balaban J connectivity index is 1.75. The largest absolute Gasteiger partial charge is 0.497 e. The zero-order valence-electron chi connectivity index (χ0n) is 17.7. The highest BCUT2D eigenvalue weighted by Crippen LogP contribution is 2.26. The number of amides is 2. The number of methoxy groups -OCH3 is 2. The molecule has 0 saturated carbocycles. The summed E-state index contributed by atoms with van der Waals surface area (Å²) in [5, 5.41) is 2.89. The highest BCUT2D eigenvalue weighted by atomic mass is 19.1. The fourth-order valence-electron chi connectivity index (χ4n) is 3.23. The molecule has 0 fully saturated rings. The third-order valence-corrected chi connectivity index (χ3v) is 4.76. The van der Waals surface area contributed by atoms with Crippen molar-refractivity contribution in [1.82, 2.24) is 9.47 Å². The van der Waals surface area contributed by atoms with E-state index in [9.17, 15) is 9.18 Å². The second-order valence-corrected chi connectivity index (χ2v) is 6.96. The van der Waals surface area contributed by atoms with Crippen LogP contribution < -0.4 is 14.8 Å². The first-order valence-corrected chi connectivity index (χ1v) is 9.80. The number of halogens is 1. The quantitative estimate of drug-likeness (QED) is 0.498. The maximum Gasteiger partial charge on any atom is 0.322 e. The lowest BCUT2D eigenvalue weighted by atomic mass is 10.2. The van der Waals surface area contributed by atoms with Gasteiger partial charge in [0, 0.05) is 48.9 Å². The van der Waals surface area contributed by atoms with Crippen LogP contribution in [0.5, 0.6) is 11.5 Å². The summed E-state index contributed by atoms with van der Waals surface area (Å²) in [7, 11) is 3.11. The Morgan fingerprint density at radius 3 is 2.52 bits per heavy atom. The Hall–Kier alpha value is -3.74. The van der Waals surface area contributed by atoms with E-state index in [2.05, 4.69) is 11.9 Å². The number of benzene rings is 2. The summed E-state index contributed by atoms with van der Waals surface area (Å²) in [4.78, 5) is 14.6. The van der Waals surface area contributed by atoms with E-state index in [-0.39, 0.29) is 11.8 Å². The van der Waals surface area contributed by atoms with E-state index < -0.39 is 0 Å². The molecule has 0 aliphatic heterocycles. The van der Waals surface area contributed by atoms with Crippen molar-refractivity contribution in [2.75, 3.05) is 26.1 Å². The monoisotopic (exact) mass is 423 g/mol. The van der Waals surface area contributed by atoms with E-state index in [0.717, 1.165) is 11.3 Å². The highest BCUT2D eigenvalue weighted by molar-refractivity contribution is 5.90. The molecule has 31 heavy (non-hydrogen) atoms. The lowest BCUT2D eigenvalue weighted by Gasteiger charge is -2.23. The maximum absolute atomic E-state index is 13.5. The molecule has 0 bridgehead atoms. The molecule has 2 aromatic carbocycles. The lowest BCUT2D eigenvalue weighted by molar-refractivity contribution is 0.214. The standard InChI is InChI=1S/C24H26FN3O3/c1-4-10-28(24(29)26-20-13-22(30-2)15-23(14-20)31-3)17-21-9-6-11-27(21)16-18-7-5-8-19(25)12-18/h4-9,11-15H,1,10,16-17H2,2-3H3,(H,26,29). The molecule has 2 amide bonds. The minimum absolute atomic E-state index is 0.271. The van der Waals surface area contributed by atoms with Gasteiger partial charge in [0.25, 0.3) is 0 Å². The minimum Gasteiger partial charge on any atom is -0.497 e. The molecule has 7 heteroatoms. The Bertz CT molecular complexity index is 1030. The first-order valence-electron chi connectivity index (χ1n) is 9.80. The third kappa shape index (κ3) is 5.88. The fraction of sp³-hybridized carbons (Fsp3) is 0.208. The summed E-state index contributed by atoms with van der Waals surface area (Å²) < 4.78 is 26.0. The molecule has 162 valence electrons. The number of hydrogen-bond donors (Lipinski definition) is 1. The summed E-state index contributed by atoms with van der Waals surface area (Å²) in [5.74, 6) is 0.885. The Morgan fingerprint density at radius 1 is 1.13 bits per heavy atom. The SMILES string of the molecule is C=CCN(Cc1cccn1Cc1cccc(F)c1)C(=O)Nc1cc(OC)cc(OC)c1. The van der Waals surface area contributed by atoms with Gasteiger partial charge in [0.1, 0.15) is 17.3 Å². The van der Waals surface area contributed by atoms with Crippen LogP contribution >= 0.6 is 0 Å². The van der Waals surface area contributed by atoms with Gasteiger partial charge in [-0.15, -0.1) is 6.58 Å². The Morgan fingerprint density at radius 2 is 1.87 bits per heavy atom. The second-order valence-electron chi connectivity index (χ2n) is 6.96. The number of carbonyl (C=O) groups is 1. The number of carbonyl (C=O) groups excluding carboxylic acids is 1. The van der Waals surface area contributed by atoms with E-state index in [4.69, 9.17) is 9.47 Å². The summed E-state index contributed by atoms with van der Waals surface area (Å²) in [6, 6.07) is 15.2. The molecule has 0 radical (unpaired) electrons. The van der Waals surface area contributed by atoms with Crippen LogP contribution in [0.25, 0.3) is 0 Å². The second kappa shape index (κ2) is 10.3. The molecular formula is C24H26FN3O3. The van der Waals surface area contributed by atoms with E-state index >= 15 is 0 Å². The Labute approximate surface area is 181 Å². The van der Waals surface area contributed by atoms with Crippen molar-refractivity contribution in [3.8, 4) is 11.5 Å². The number of nitrogens with zero attached hydrogens (tertiary/aromatic N) is 2. The van der Waals surface area contributed by atoms with Crippen molar-refractivity contribution >= 4 is 11.7 Å². The average molecular weight is 423 g/mol. The fourth-order valence-corrected chi connectivity index (χ4v) is 3.23. The average Bonchev–Trinajstić information content (AvgIpc) is 3.19. The highest BCUT2D eigenvalue weighted by Gasteiger charge is 2.16. The number of anilines is 1. The molecule has 0 spiro atoms. The van der Waals surface area contributed by atoms with E-state index in [1.807, 2.05) is 29.0 Å². The van der Waals surface area contributed by atoms with Crippen LogP contribution in [0, 0.1) is 5.82 Å². The molecule has 6 nitrogen and oxygen atoms in total. The molecule has 1 heterocycles. The van der Waals surface area contributed by atoms with Crippen molar-refractivity contribution in [1.29, 1.82) is 0 Å². The first-order chi connectivity index (χ1) is 15.0. The van der Waals surface area contributed by atoms with Crippen LogP contribution in [0.2, 0.25) is 0 Å². The van der Waals surface area contributed by atoms with Crippen LogP contribution in [0.4, 0.5) is 14.9 Å². The number of nitrogens with one attached hydrogen (secondary N) is 1. The van der Waals surface area contributed by atoms with Gasteiger partial charge < -0.3 is 24.3 Å². The predicted octanol–water partition coefficient (Wildman–Crippen LogP) is 4.91. The lowest BCUT2D eigenvalue weighted by Crippen LogP contribution is -2.35. The molecule has 0 aliphatic carbocycles. The smallest absolute Gasteiger partial charge is 0.322 e. The summed E-state index contributed by atoms with van der Waals surface area (Å²) >= 11 is 0. The van der Waals surface area contributed by atoms with Crippen LogP contribution in [0.3, 0.4) is 0 Å².